The highest BCUT2D eigenvalue weighted by Gasteiger charge is 2.31. The van der Waals surface area contributed by atoms with Crippen LogP contribution in [-0.2, 0) is 9.84 Å². The van der Waals surface area contributed by atoms with Crippen molar-refractivity contribution in [1.29, 1.82) is 5.26 Å². The van der Waals surface area contributed by atoms with Crippen LogP contribution < -0.4 is 0 Å². The molecule has 0 saturated heterocycles. The largest absolute Gasteiger partial charge is 0.419 e. The van der Waals surface area contributed by atoms with Gasteiger partial charge in [0.2, 0.25) is 15.9 Å². The van der Waals surface area contributed by atoms with Gasteiger partial charge >= 0.3 is 5.91 Å². The lowest BCUT2D eigenvalue weighted by Gasteiger charge is -2.12. The Morgan fingerprint density at radius 3 is 2.53 bits per heavy atom. The number of nitriles is 1. The summed E-state index contributed by atoms with van der Waals surface area (Å²) in [6.07, 6.45) is 5.72. The van der Waals surface area contributed by atoms with Gasteiger partial charge in [0.15, 0.2) is 11.5 Å². The van der Waals surface area contributed by atoms with Gasteiger partial charge in [-0.2, -0.15) is 14.9 Å². The van der Waals surface area contributed by atoms with Gasteiger partial charge in [-0.25, -0.2) is 32.3 Å². The highest BCUT2D eigenvalue weighted by atomic mass is 35.5. The third kappa shape index (κ3) is 4.77. The zero-order chi connectivity index (χ0) is 26.0. The first-order chi connectivity index (χ1) is 17.1. The monoisotopic (exact) mass is 523 g/mol. The molecule has 2 heterocycles. The van der Waals surface area contributed by atoms with Gasteiger partial charge in [0.1, 0.15) is 18.6 Å². The van der Waals surface area contributed by atoms with E-state index < -0.39 is 27.6 Å². The lowest BCUT2D eigenvalue weighted by atomic mass is 10.1. The van der Waals surface area contributed by atoms with Crippen LogP contribution >= 0.6 is 11.6 Å². The lowest BCUT2D eigenvalue weighted by Crippen LogP contribution is -2.25. The summed E-state index contributed by atoms with van der Waals surface area (Å²) in [7, 11) is -4.08. The van der Waals surface area contributed by atoms with Crippen molar-refractivity contribution in [3.63, 3.8) is 0 Å². The maximum atomic E-state index is 13.3. The highest BCUT2D eigenvalue weighted by molar-refractivity contribution is 7.91. The Bertz CT molecular complexity index is 1650. The quantitative estimate of drug-likeness (QED) is 0.214. The average molecular weight is 524 g/mol. The molecule has 9 nitrogen and oxygen atoms in total. The number of halogens is 2. The third-order valence-electron chi connectivity index (χ3n) is 5.31. The Balaban J connectivity index is 1.68. The second-order valence-corrected chi connectivity index (χ2v) is 10.0. The SMILES string of the molecule is C=[N+](C(=O)c1cc(Cl)cc(S(=O)(=O)c2ccc(F)cc2)c1)C(C)c1nccnc1-n1cc(C#N)cn1. The maximum Gasteiger partial charge on any atom is 0.419 e. The van der Waals surface area contributed by atoms with Crippen molar-refractivity contribution in [3.05, 3.63) is 94.9 Å². The molecule has 4 rings (SSSR count). The highest BCUT2D eigenvalue weighted by Crippen LogP contribution is 2.27. The van der Waals surface area contributed by atoms with Crippen molar-refractivity contribution in [2.24, 2.45) is 0 Å². The van der Waals surface area contributed by atoms with Crippen LogP contribution in [0.4, 0.5) is 4.39 Å². The van der Waals surface area contributed by atoms with E-state index in [1.54, 1.807) is 6.92 Å². The van der Waals surface area contributed by atoms with Gasteiger partial charge in [-0.05, 0) is 42.5 Å². The standard InChI is InChI=1S/C24H17ClFN6O3S/c1-15(22-23(29-8-7-28-22)32-14-16(12-27)13-30-32)31(2)24(33)17-9-18(25)11-21(10-17)36(34,35)20-5-3-19(26)4-6-20/h3-11,13-15H,2H2,1H3/q+1. The predicted molar refractivity (Wildman–Crippen MR) is 127 cm³/mol. The lowest BCUT2D eigenvalue weighted by molar-refractivity contribution is -0.466. The van der Waals surface area contributed by atoms with Gasteiger partial charge in [-0.15, -0.1) is 0 Å². The van der Waals surface area contributed by atoms with Crippen LogP contribution in [0.5, 0.6) is 0 Å². The molecule has 1 amide bonds. The van der Waals surface area contributed by atoms with E-state index >= 15 is 0 Å². The van der Waals surface area contributed by atoms with Crippen molar-refractivity contribution in [2.75, 3.05) is 0 Å². The fourth-order valence-corrected chi connectivity index (χ4v) is 5.02. The Morgan fingerprint density at radius 2 is 1.86 bits per heavy atom. The fraction of sp³-hybridized carbons (Fsp3) is 0.0833. The molecule has 1 unspecified atom stereocenters. The minimum atomic E-state index is -4.08. The number of rotatable bonds is 6. The number of sulfone groups is 1. The molecule has 36 heavy (non-hydrogen) atoms. The number of hydrogen-bond acceptors (Lipinski definition) is 7. The number of benzene rings is 2. The zero-order valence-electron chi connectivity index (χ0n) is 18.7. The summed E-state index contributed by atoms with van der Waals surface area (Å²) in [6, 6.07) is 9.28. The molecule has 0 spiro atoms. The summed E-state index contributed by atoms with van der Waals surface area (Å²) in [5, 5.41) is 13.2. The molecule has 0 N–H and O–H groups in total. The third-order valence-corrected chi connectivity index (χ3v) is 7.28. The number of nitrogens with zero attached hydrogens (tertiary/aromatic N) is 6. The topological polar surface area (TPSA) is 122 Å². The van der Waals surface area contributed by atoms with Gasteiger partial charge in [0, 0.05) is 24.3 Å². The molecule has 0 saturated carbocycles. The first-order valence-corrected chi connectivity index (χ1v) is 12.2. The van der Waals surface area contributed by atoms with Crippen LogP contribution in [0, 0.1) is 17.1 Å². The van der Waals surface area contributed by atoms with Crippen LogP contribution in [0.1, 0.15) is 34.6 Å². The van der Waals surface area contributed by atoms with Crippen molar-refractivity contribution < 1.29 is 22.2 Å². The molecule has 0 bridgehead atoms. The van der Waals surface area contributed by atoms with E-state index in [-0.39, 0.29) is 20.4 Å². The van der Waals surface area contributed by atoms with Crippen molar-refractivity contribution >= 4 is 34.1 Å². The summed E-state index contributed by atoms with van der Waals surface area (Å²) in [5.41, 5.74) is 0.631. The normalized spacial score (nSPS) is 12.1. The second-order valence-electron chi connectivity index (χ2n) is 7.63. The summed E-state index contributed by atoms with van der Waals surface area (Å²) < 4.78 is 41.9. The van der Waals surface area contributed by atoms with E-state index in [1.807, 2.05) is 6.07 Å². The number of aromatic nitrogens is 4. The van der Waals surface area contributed by atoms with E-state index in [0.717, 1.165) is 28.8 Å². The van der Waals surface area contributed by atoms with Gasteiger partial charge in [0.25, 0.3) is 0 Å². The molecular weight excluding hydrogens is 507 g/mol. The first kappa shape index (κ1) is 24.8. The molecule has 0 aliphatic rings. The molecule has 12 heteroatoms. The maximum absolute atomic E-state index is 13.3. The molecule has 0 fully saturated rings. The molecule has 0 radical (unpaired) electrons. The molecular formula is C24H17ClFN6O3S+. The molecule has 0 aliphatic heterocycles. The Kier molecular flexibility index (Phi) is 6.74. The molecule has 180 valence electrons. The van der Waals surface area contributed by atoms with Gasteiger partial charge in [0.05, 0.1) is 33.3 Å². The van der Waals surface area contributed by atoms with Crippen molar-refractivity contribution in [1.82, 2.24) is 19.7 Å². The number of carbonyl (C=O) groups is 1. The molecule has 1 atom stereocenters. The van der Waals surface area contributed by atoms with Crippen molar-refractivity contribution in [2.45, 2.75) is 22.8 Å². The smallest absolute Gasteiger partial charge is 0.249 e. The minimum Gasteiger partial charge on any atom is -0.249 e. The number of carbonyl (C=O) groups excluding carboxylic acids is 1. The average Bonchev–Trinajstić information content (AvgIpc) is 3.36. The van der Waals surface area contributed by atoms with E-state index in [0.29, 0.717) is 17.1 Å². The zero-order valence-corrected chi connectivity index (χ0v) is 20.3. The summed E-state index contributed by atoms with van der Waals surface area (Å²) in [6.45, 7) is 5.50. The molecule has 4 aromatic rings. The van der Waals surface area contributed by atoms with Crippen LogP contribution in [0.25, 0.3) is 5.82 Å². The summed E-state index contributed by atoms with van der Waals surface area (Å²) in [5.74, 6) is -0.922. The van der Waals surface area contributed by atoms with E-state index in [4.69, 9.17) is 16.9 Å². The van der Waals surface area contributed by atoms with E-state index in [2.05, 4.69) is 21.8 Å². The Morgan fingerprint density at radius 1 is 1.17 bits per heavy atom. The molecule has 0 aliphatic carbocycles. The fourth-order valence-electron chi connectivity index (χ4n) is 3.39. The molecule has 2 aromatic heterocycles. The van der Waals surface area contributed by atoms with Crippen molar-refractivity contribution in [3.8, 4) is 11.9 Å². The summed E-state index contributed by atoms with van der Waals surface area (Å²) in [4.78, 5) is 21.5. The molecule has 2 aromatic carbocycles. The summed E-state index contributed by atoms with van der Waals surface area (Å²) >= 11 is 6.16. The van der Waals surface area contributed by atoms with Gasteiger partial charge in [-0.3, -0.25) is 0 Å². The van der Waals surface area contributed by atoms with Crippen LogP contribution in [-0.4, -0.2) is 45.4 Å². The van der Waals surface area contributed by atoms with E-state index in [1.165, 1.54) is 47.7 Å². The first-order valence-electron chi connectivity index (χ1n) is 10.3. The number of amides is 1. The van der Waals surface area contributed by atoms with Crippen LogP contribution in [0.2, 0.25) is 5.02 Å². The predicted octanol–water partition coefficient (Wildman–Crippen LogP) is 3.77. The Hall–Kier alpha value is -4.27. The number of hydrogen-bond donors (Lipinski definition) is 0. The van der Waals surface area contributed by atoms with Gasteiger partial charge < -0.3 is 0 Å². The van der Waals surface area contributed by atoms with Gasteiger partial charge in [-0.1, -0.05) is 11.6 Å². The minimum absolute atomic E-state index is 0.0170. The van der Waals surface area contributed by atoms with Crippen LogP contribution in [0.15, 0.2) is 77.0 Å². The Labute approximate surface area is 210 Å². The second kappa shape index (κ2) is 9.77. The van der Waals surface area contributed by atoms with Crippen LogP contribution in [0.3, 0.4) is 0 Å². The van der Waals surface area contributed by atoms with E-state index in [9.17, 15) is 17.6 Å².